The van der Waals surface area contributed by atoms with Gasteiger partial charge in [0.25, 0.3) is 17.4 Å². The van der Waals surface area contributed by atoms with Crippen molar-refractivity contribution in [3.05, 3.63) is 105 Å². The summed E-state index contributed by atoms with van der Waals surface area (Å²) in [5, 5.41) is 22.3. The smallest absolute Gasteiger partial charge is 0.295 e. The number of ether oxygens (including phenoxy) is 1. The Labute approximate surface area is 195 Å². The highest BCUT2D eigenvalue weighted by molar-refractivity contribution is 6.46. The van der Waals surface area contributed by atoms with Gasteiger partial charge in [0.1, 0.15) is 11.5 Å². The van der Waals surface area contributed by atoms with Crippen LogP contribution in [0.1, 0.15) is 29.7 Å². The van der Waals surface area contributed by atoms with Crippen LogP contribution in [0.15, 0.2) is 78.6 Å². The number of amides is 1. The van der Waals surface area contributed by atoms with Gasteiger partial charge in [0.15, 0.2) is 0 Å². The van der Waals surface area contributed by atoms with Gasteiger partial charge in [-0.3, -0.25) is 24.7 Å². The molecule has 34 heavy (non-hydrogen) atoms. The molecule has 1 aliphatic heterocycles. The number of rotatable bonds is 7. The number of benzene rings is 2. The predicted octanol–water partition coefficient (Wildman–Crippen LogP) is 4.01. The summed E-state index contributed by atoms with van der Waals surface area (Å²) in [6.45, 7) is 2.31. The van der Waals surface area contributed by atoms with Crippen LogP contribution in [0.2, 0.25) is 0 Å². The van der Waals surface area contributed by atoms with E-state index in [9.17, 15) is 24.8 Å². The number of carbonyl (C=O) groups excluding carboxylic acids is 2. The molecular formula is C25H21N3O6. The topological polar surface area (TPSA) is 123 Å². The summed E-state index contributed by atoms with van der Waals surface area (Å²) >= 11 is 0. The summed E-state index contributed by atoms with van der Waals surface area (Å²) < 4.78 is 5.49. The van der Waals surface area contributed by atoms with E-state index in [1.165, 1.54) is 29.2 Å². The Morgan fingerprint density at radius 2 is 1.91 bits per heavy atom. The minimum absolute atomic E-state index is 0.0653. The SMILES string of the molecule is CCOc1cccc(/C(O)=C2\C(=O)C(=O)N(Cc3cccnc3)C2c2ccc([N+](=O)[O-])cc2)c1. The Morgan fingerprint density at radius 3 is 2.56 bits per heavy atom. The van der Waals surface area contributed by atoms with Crippen molar-refractivity contribution in [2.45, 2.75) is 19.5 Å². The number of hydrogen-bond acceptors (Lipinski definition) is 7. The minimum Gasteiger partial charge on any atom is -0.507 e. The largest absolute Gasteiger partial charge is 0.507 e. The Bertz CT molecular complexity index is 1270. The van der Waals surface area contributed by atoms with Gasteiger partial charge in [-0.1, -0.05) is 18.2 Å². The number of nitro groups is 1. The molecule has 1 fully saturated rings. The van der Waals surface area contributed by atoms with Crippen molar-refractivity contribution in [3.8, 4) is 5.75 Å². The zero-order valence-electron chi connectivity index (χ0n) is 18.2. The highest BCUT2D eigenvalue weighted by atomic mass is 16.6. The van der Waals surface area contributed by atoms with Gasteiger partial charge in [-0.25, -0.2) is 0 Å². The second-order valence-electron chi connectivity index (χ2n) is 7.60. The molecule has 1 amide bonds. The van der Waals surface area contributed by atoms with E-state index in [2.05, 4.69) is 4.98 Å². The Hall–Kier alpha value is -4.53. The molecule has 1 aromatic heterocycles. The molecule has 3 aromatic rings. The molecule has 1 atom stereocenters. The number of non-ortho nitro benzene ring substituents is 1. The van der Waals surface area contributed by atoms with E-state index >= 15 is 0 Å². The summed E-state index contributed by atoms with van der Waals surface area (Å²) in [5.74, 6) is -1.47. The number of hydrogen-bond donors (Lipinski definition) is 1. The van der Waals surface area contributed by atoms with Crippen molar-refractivity contribution in [1.29, 1.82) is 0 Å². The summed E-state index contributed by atoms with van der Waals surface area (Å²) in [6.07, 6.45) is 3.18. The first-order valence-corrected chi connectivity index (χ1v) is 10.6. The number of nitro benzene ring substituents is 1. The maximum Gasteiger partial charge on any atom is 0.295 e. The molecule has 4 rings (SSSR count). The third kappa shape index (κ3) is 4.36. The summed E-state index contributed by atoms with van der Waals surface area (Å²) in [4.78, 5) is 42.1. The van der Waals surface area contributed by atoms with Crippen LogP contribution in [0.4, 0.5) is 5.69 Å². The van der Waals surface area contributed by atoms with Gasteiger partial charge in [0.05, 0.1) is 23.1 Å². The van der Waals surface area contributed by atoms with Crippen molar-refractivity contribution in [2.24, 2.45) is 0 Å². The highest BCUT2D eigenvalue weighted by Crippen LogP contribution is 2.41. The van der Waals surface area contributed by atoms with Crippen LogP contribution in [0.25, 0.3) is 5.76 Å². The second-order valence-corrected chi connectivity index (χ2v) is 7.60. The lowest BCUT2D eigenvalue weighted by atomic mass is 9.95. The van der Waals surface area contributed by atoms with E-state index in [0.717, 1.165) is 0 Å². The maximum atomic E-state index is 13.1. The summed E-state index contributed by atoms with van der Waals surface area (Å²) in [7, 11) is 0. The molecule has 1 saturated heterocycles. The van der Waals surface area contributed by atoms with E-state index in [1.54, 1.807) is 48.8 Å². The van der Waals surface area contributed by atoms with Crippen LogP contribution in [0.3, 0.4) is 0 Å². The van der Waals surface area contributed by atoms with Crippen LogP contribution >= 0.6 is 0 Å². The standard InChI is InChI=1S/C25H21N3O6/c1-2-34-20-7-3-6-18(13-20)23(29)21-22(17-8-10-19(11-9-17)28(32)33)27(25(31)24(21)30)15-16-5-4-12-26-14-16/h3-14,22,29H,2,15H2,1H3/b23-21+. The van der Waals surface area contributed by atoms with Gasteiger partial charge < -0.3 is 14.7 Å². The lowest BCUT2D eigenvalue weighted by Gasteiger charge is -2.25. The van der Waals surface area contributed by atoms with Crippen molar-refractivity contribution >= 4 is 23.1 Å². The molecule has 0 radical (unpaired) electrons. The molecule has 0 aliphatic carbocycles. The summed E-state index contributed by atoms with van der Waals surface area (Å²) in [6, 6.07) is 14.7. The van der Waals surface area contributed by atoms with Crippen molar-refractivity contribution < 1.29 is 24.4 Å². The third-order valence-corrected chi connectivity index (χ3v) is 5.45. The molecule has 1 unspecified atom stereocenters. The number of pyridine rings is 1. The van der Waals surface area contributed by atoms with Gasteiger partial charge >= 0.3 is 0 Å². The number of carbonyl (C=O) groups is 2. The van der Waals surface area contributed by atoms with Crippen LogP contribution in [-0.2, 0) is 16.1 Å². The lowest BCUT2D eigenvalue weighted by Crippen LogP contribution is -2.29. The number of Topliss-reactive ketones (excluding diaryl/α,β-unsaturated/α-hetero) is 1. The van der Waals surface area contributed by atoms with E-state index < -0.39 is 22.7 Å². The van der Waals surface area contributed by atoms with Gasteiger partial charge in [0, 0.05) is 36.6 Å². The normalized spacial score (nSPS) is 17.1. The molecule has 2 aromatic carbocycles. The average Bonchev–Trinajstić information content (AvgIpc) is 3.09. The first-order valence-electron chi connectivity index (χ1n) is 10.6. The Morgan fingerprint density at radius 1 is 1.15 bits per heavy atom. The van der Waals surface area contributed by atoms with E-state index in [4.69, 9.17) is 4.74 Å². The maximum absolute atomic E-state index is 13.1. The third-order valence-electron chi connectivity index (χ3n) is 5.45. The Kier molecular flexibility index (Phi) is 6.35. The number of aromatic nitrogens is 1. The average molecular weight is 459 g/mol. The zero-order valence-corrected chi connectivity index (χ0v) is 18.2. The number of nitrogens with zero attached hydrogens (tertiary/aromatic N) is 3. The van der Waals surface area contributed by atoms with Crippen molar-refractivity contribution in [1.82, 2.24) is 9.88 Å². The highest BCUT2D eigenvalue weighted by Gasteiger charge is 2.46. The zero-order chi connectivity index (χ0) is 24.2. The molecule has 2 heterocycles. The molecule has 0 spiro atoms. The lowest BCUT2D eigenvalue weighted by molar-refractivity contribution is -0.384. The molecule has 0 saturated carbocycles. The fraction of sp³-hybridized carbons (Fsp3) is 0.160. The van der Waals surface area contributed by atoms with E-state index in [1.807, 2.05) is 6.92 Å². The number of aliphatic hydroxyl groups excluding tert-OH is 1. The quantitative estimate of drug-likeness (QED) is 0.186. The molecular weight excluding hydrogens is 438 g/mol. The monoisotopic (exact) mass is 459 g/mol. The fourth-order valence-electron chi connectivity index (χ4n) is 3.91. The van der Waals surface area contributed by atoms with Crippen LogP contribution in [0.5, 0.6) is 5.75 Å². The minimum atomic E-state index is -0.947. The summed E-state index contributed by atoms with van der Waals surface area (Å²) in [5.41, 5.74) is 1.23. The molecule has 9 heteroatoms. The van der Waals surface area contributed by atoms with Crippen LogP contribution in [0, 0.1) is 10.1 Å². The first-order chi connectivity index (χ1) is 16.4. The van der Waals surface area contributed by atoms with Gasteiger partial charge in [-0.05, 0) is 48.4 Å². The van der Waals surface area contributed by atoms with E-state index in [0.29, 0.717) is 29.0 Å². The fourth-order valence-corrected chi connectivity index (χ4v) is 3.91. The van der Waals surface area contributed by atoms with Crippen molar-refractivity contribution in [3.63, 3.8) is 0 Å². The van der Waals surface area contributed by atoms with Gasteiger partial charge in [-0.15, -0.1) is 0 Å². The second kappa shape index (κ2) is 9.53. The Balaban J connectivity index is 1.85. The molecule has 1 N–H and O–H groups in total. The van der Waals surface area contributed by atoms with Gasteiger partial charge in [-0.2, -0.15) is 0 Å². The molecule has 9 nitrogen and oxygen atoms in total. The molecule has 0 bridgehead atoms. The number of aliphatic hydroxyl groups is 1. The number of likely N-dealkylation sites (tertiary alicyclic amines) is 1. The van der Waals surface area contributed by atoms with Gasteiger partial charge in [0.2, 0.25) is 0 Å². The molecule has 172 valence electrons. The van der Waals surface area contributed by atoms with E-state index in [-0.39, 0.29) is 23.6 Å². The molecule has 1 aliphatic rings. The number of ketones is 1. The van der Waals surface area contributed by atoms with Crippen molar-refractivity contribution in [2.75, 3.05) is 6.61 Å². The predicted molar refractivity (Wildman–Crippen MR) is 123 cm³/mol. The first kappa shape index (κ1) is 22.7. The van der Waals surface area contributed by atoms with Crippen LogP contribution < -0.4 is 4.74 Å². The van der Waals surface area contributed by atoms with Crippen LogP contribution in [-0.4, -0.2) is 38.2 Å².